The zero-order valence-corrected chi connectivity index (χ0v) is 19.8. The van der Waals surface area contributed by atoms with Crippen molar-refractivity contribution in [2.24, 2.45) is 0 Å². The van der Waals surface area contributed by atoms with Crippen molar-refractivity contribution in [3.8, 4) is 11.5 Å². The minimum Gasteiger partial charge on any atom is -0.495 e. The maximum absolute atomic E-state index is 13.0. The molecule has 0 unspecified atom stereocenters. The summed E-state index contributed by atoms with van der Waals surface area (Å²) in [6.45, 7) is 5.92. The molecule has 0 spiro atoms. The first-order valence-corrected chi connectivity index (χ1v) is 11.6. The third-order valence-electron chi connectivity index (χ3n) is 6.68. The summed E-state index contributed by atoms with van der Waals surface area (Å²) in [6.07, 6.45) is 0.416. The predicted molar refractivity (Wildman–Crippen MR) is 134 cm³/mol. The van der Waals surface area contributed by atoms with E-state index in [0.29, 0.717) is 31.9 Å². The highest BCUT2D eigenvalue weighted by Gasteiger charge is 2.35. The molecule has 174 valence electrons. The number of methoxy groups -OCH3 is 1. The smallest absolute Gasteiger partial charge is 0.227 e. The molecule has 1 saturated heterocycles. The molecule has 6 heteroatoms. The van der Waals surface area contributed by atoms with Gasteiger partial charge in [-0.3, -0.25) is 4.79 Å². The Balaban J connectivity index is 1.42. The lowest BCUT2D eigenvalue weighted by molar-refractivity contribution is -0.117. The molecule has 3 aromatic carbocycles. The molecule has 1 aromatic heterocycles. The third kappa shape index (κ3) is 4.00. The van der Waals surface area contributed by atoms with Crippen molar-refractivity contribution in [3.63, 3.8) is 0 Å². The van der Waals surface area contributed by atoms with Gasteiger partial charge in [0.05, 0.1) is 30.4 Å². The molecule has 0 radical (unpaired) electrons. The lowest BCUT2D eigenvalue weighted by Crippen LogP contribution is -2.25. The molecule has 0 bridgehead atoms. The molecule has 2 heterocycles. The number of ether oxygens (including phenoxy) is 2. The molecule has 1 fully saturated rings. The van der Waals surface area contributed by atoms with E-state index in [9.17, 15) is 4.79 Å². The maximum Gasteiger partial charge on any atom is 0.227 e. The number of aromatic nitrogens is 2. The number of hydrogen-bond acceptors (Lipinski definition) is 4. The van der Waals surface area contributed by atoms with Crippen molar-refractivity contribution in [2.45, 2.75) is 32.7 Å². The van der Waals surface area contributed by atoms with Gasteiger partial charge in [-0.05, 0) is 55.3 Å². The van der Waals surface area contributed by atoms with Crippen molar-refractivity contribution in [1.82, 2.24) is 9.55 Å². The Morgan fingerprint density at radius 3 is 2.59 bits per heavy atom. The molecule has 0 N–H and O–H groups in total. The van der Waals surface area contributed by atoms with Crippen LogP contribution in [0.3, 0.4) is 0 Å². The lowest BCUT2D eigenvalue weighted by atomic mass is 10.1. The SMILES string of the molecule is COc1ccccc1N1C[C@H](c2nc3ccccc3n2CCOc2cccc(C)c2C)CC1=O. The van der Waals surface area contributed by atoms with E-state index in [0.717, 1.165) is 33.9 Å². The Morgan fingerprint density at radius 1 is 0.971 bits per heavy atom. The highest BCUT2D eigenvalue weighted by Crippen LogP contribution is 2.37. The Morgan fingerprint density at radius 2 is 1.74 bits per heavy atom. The molecule has 34 heavy (non-hydrogen) atoms. The highest BCUT2D eigenvalue weighted by molar-refractivity contribution is 5.97. The summed E-state index contributed by atoms with van der Waals surface area (Å²) in [5.74, 6) is 2.61. The van der Waals surface area contributed by atoms with E-state index in [-0.39, 0.29) is 11.8 Å². The number of fused-ring (bicyclic) bond motifs is 1. The van der Waals surface area contributed by atoms with Crippen molar-refractivity contribution < 1.29 is 14.3 Å². The molecule has 1 aliphatic heterocycles. The van der Waals surface area contributed by atoms with E-state index >= 15 is 0 Å². The fourth-order valence-corrected chi connectivity index (χ4v) is 4.73. The standard InChI is InChI=1S/C28H29N3O3/c1-19-9-8-14-25(20(19)2)34-16-15-30-23-11-5-4-10-22(23)29-28(30)21-17-27(32)31(18-21)24-12-6-7-13-26(24)33-3/h4-14,21H,15-18H2,1-3H3/t21-/m1/s1. The first-order valence-electron chi connectivity index (χ1n) is 11.6. The van der Waals surface area contributed by atoms with Crippen molar-refractivity contribution in [3.05, 3.63) is 83.7 Å². The molecule has 1 atom stereocenters. The third-order valence-corrected chi connectivity index (χ3v) is 6.68. The number of rotatable bonds is 7. The van der Waals surface area contributed by atoms with E-state index in [2.05, 4.69) is 30.5 Å². The van der Waals surface area contributed by atoms with Gasteiger partial charge in [-0.1, -0.05) is 36.4 Å². The molecule has 0 aliphatic carbocycles. The van der Waals surface area contributed by atoms with Gasteiger partial charge in [0.1, 0.15) is 23.9 Å². The number of anilines is 1. The summed E-state index contributed by atoms with van der Waals surface area (Å²) in [5, 5.41) is 0. The van der Waals surface area contributed by atoms with E-state index in [1.54, 1.807) is 7.11 Å². The topological polar surface area (TPSA) is 56.6 Å². The normalized spacial score (nSPS) is 15.8. The second kappa shape index (κ2) is 9.21. The first-order chi connectivity index (χ1) is 16.6. The monoisotopic (exact) mass is 455 g/mol. The molecular weight excluding hydrogens is 426 g/mol. The van der Waals surface area contributed by atoms with Gasteiger partial charge >= 0.3 is 0 Å². The van der Waals surface area contributed by atoms with Gasteiger partial charge in [-0.15, -0.1) is 0 Å². The van der Waals surface area contributed by atoms with Crippen LogP contribution in [0.4, 0.5) is 5.69 Å². The van der Waals surface area contributed by atoms with Gasteiger partial charge in [0.2, 0.25) is 5.91 Å². The minimum atomic E-state index is -0.00878. The summed E-state index contributed by atoms with van der Waals surface area (Å²) in [6, 6.07) is 21.9. The number of para-hydroxylation sites is 4. The number of benzene rings is 3. The summed E-state index contributed by atoms with van der Waals surface area (Å²) < 4.78 is 13.9. The molecular formula is C28H29N3O3. The van der Waals surface area contributed by atoms with Gasteiger partial charge in [-0.2, -0.15) is 0 Å². The van der Waals surface area contributed by atoms with E-state index in [1.165, 1.54) is 5.56 Å². The number of nitrogens with zero attached hydrogens (tertiary/aromatic N) is 3. The van der Waals surface area contributed by atoms with Crippen LogP contribution >= 0.6 is 0 Å². The summed E-state index contributed by atoms with van der Waals surface area (Å²) in [4.78, 5) is 19.8. The van der Waals surface area contributed by atoms with Gasteiger partial charge in [-0.25, -0.2) is 4.98 Å². The van der Waals surface area contributed by atoms with Crippen LogP contribution in [0.25, 0.3) is 11.0 Å². The van der Waals surface area contributed by atoms with Crippen LogP contribution < -0.4 is 14.4 Å². The van der Waals surface area contributed by atoms with Crippen molar-refractivity contribution >= 4 is 22.6 Å². The Hall–Kier alpha value is -3.80. The molecule has 4 aromatic rings. The van der Waals surface area contributed by atoms with Crippen molar-refractivity contribution in [2.75, 3.05) is 25.2 Å². The van der Waals surface area contributed by atoms with Gasteiger partial charge < -0.3 is 18.9 Å². The molecule has 1 aliphatic rings. The second-order valence-electron chi connectivity index (χ2n) is 8.73. The van der Waals surface area contributed by atoms with Gasteiger partial charge in [0.25, 0.3) is 0 Å². The van der Waals surface area contributed by atoms with Crippen LogP contribution in [0.1, 0.15) is 29.3 Å². The van der Waals surface area contributed by atoms with Gasteiger partial charge in [0.15, 0.2) is 0 Å². The van der Waals surface area contributed by atoms with E-state index in [1.807, 2.05) is 59.5 Å². The van der Waals surface area contributed by atoms with Crippen LogP contribution in [-0.4, -0.2) is 35.7 Å². The molecule has 0 saturated carbocycles. The number of imidazole rings is 1. The average molecular weight is 456 g/mol. The molecule has 5 rings (SSSR count). The zero-order chi connectivity index (χ0) is 23.7. The Labute approximate surface area is 199 Å². The quantitative estimate of drug-likeness (QED) is 0.381. The maximum atomic E-state index is 13.0. The van der Waals surface area contributed by atoms with Crippen LogP contribution in [-0.2, 0) is 11.3 Å². The number of hydrogen-bond donors (Lipinski definition) is 0. The fraction of sp³-hybridized carbons (Fsp3) is 0.286. The number of amides is 1. The van der Waals surface area contributed by atoms with Crippen LogP contribution in [0, 0.1) is 13.8 Å². The average Bonchev–Trinajstić information content (AvgIpc) is 3.42. The van der Waals surface area contributed by atoms with Crippen molar-refractivity contribution in [1.29, 1.82) is 0 Å². The first kappa shape index (κ1) is 22.0. The van der Waals surface area contributed by atoms with Crippen LogP contribution in [0.15, 0.2) is 66.7 Å². The van der Waals surface area contributed by atoms with Crippen LogP contribution in [0.5, 0.6) is 11.5 Å². The number of carbonyl (C=O) groups excluding carboxylic acids is 1. The number of carbonyl (C=O) groups is 1. The number of aryl methyl sites for hydroxylation is 1. The fourth-order valence-electron chi connectivity index (χ4n) is 4.73. The van der Waals surface area contributed by atoms with Gasteiger partial charge in [0, 0.05) is 18.9 Å². The summed E-state index contributed by atoms with van der Waals surface area (Å²) >= 11 is 0. The molecule has 1 amide bonds. The van der Waals surface area contributed by atoms with Crippen LogP contribution in [0.2, 0.25) is 0 Å². The molecule has 6 nitrogen and oxygen atoms in total. The zero-order valence-electron chi connectivity index (χ0n) is 19.8. The predicted octanol–water partition coefficient (Wildman–Crippen LogP) is 5.26. The second-order valence-corrected chi connectivity index (χ2v) is 8.73. The minimum absolute atomic E-state index is 0.00878. The highest BCUT2D eigenvalue weighted by atomic mass is 16.5. The lowest BCUT2D eigenvalue weighted by Gasteiger charge is -2.20. The van der Waals surface area contributed by atoms with E-state index < -0.39 is 0 Å². The Kier molecular flexibility index (Phi) is 5.97. The van der Waals surface area contributed by atoms with E-state index in [4.69, 9.17) is 14.5 Å². The summed E-state index contributed by atoms with van der Waals surface area (Å²) in [7, 11) is 1.63. The Bertz CT molecular complexity index is 1340. The largest absolute Gasteiger partial charge is 0.495 e. The summed E-state index contributed by atoms with van der Waals surface area (Å²) in [5.41, 5.74) is 5.18.